The Kier molecular flexibility index (Phi) is 4.57. The van der Waals surface area contributed by atoms with Crippen molar-refractivity contribution in [3.05, 3.63) is 35.9 Å². The molecule has 1 saturated carbocycles. The average molecular weight is 256 g/mol. The van der Waals surface area contributed by atoms with Crippen LogP contribution in [0.2, 0.25) is 0 Å². The van der Waals surface area contributed by atoms with Crippen LogP contribution in [-0.2, 0) is 11.2 Å². The van der Waals surface area contributed by atoms with Crippen LogP contribution >= 0.6 is 0 Å². The van der Waals surface area contributed by atoms with Crippen molar-refractivity contribution in [2.75, 3.05) is 7.05 Å². The van der Waals surface area contributed by atoms with Crippen LogP contribution < -0.4 is 0 Å². The molecule has 1 aliphatic rings. The molecule has 100 valence electrons. The van der Waals surface area contributed by atoms with Gasteiger partial charge in [-0.25, -0.2) is 0 Å². The molecule has 2 rings (SSSR count). The van der Waals surface area contributed by atoms with E-state index in [1.165, 1.54) is 0 Å². The quantitative estimate of drug-likeness (QED) is 0.834. The predicted molar refractivity (Wildman–Crippen MR) is 74.3 cm³/mol. The maximum atomic E-state index is 12.2. The van der Waals surface area contributed by atoms with Crippen molar-refractivity contribution < 1.29 is 4.79 Å². The van der Waals surface area contributed by atoms with Crippen LogP contribution in [0, 0.1) is 17.2 Å². The second-order valence-electron chi connectivity index (χ2n) is 5.30. The first kappa shape index (κ1) is 13.6. The first-order chi connectivity index (χ1) is 9.20. The number of carbonyl (C=O) groups is 1. The van der Waals surface area contributed by atoms with Gasteiger partial charge >= 0.3 is 0 Å². The molecule has 0 aromatic heterocycles. The van der Waals surface area contributed by atoms with E-state index in [4.69, 9.17) is 5.26 Å². The van der Waals surface area contributed by atoms with Gasteiger partial charge in [0, 0.05) is 19.0 Å². The maximum Gasteiger partial charge on any atom is 0.226 e. The first-order valence-corrected chi connectivity index (χ1v) is 6.90. The summed E-state index contributed by atoms with van der Waals surface area (Å²) in [6.07, 6.45) is 4.22. The third-order valence-electron chi connectivity index (χ3n) is 4.02. The number of carbonyl (C=O) groups excluding carboxylic acids is 1. The number of rotatable bonds is 3. The topological polar surface area (TPSA) is 44.1 Å². The fourth-order valence-corrected chi connectivity index (χ4v) is 2.69. The highest BCUT2D eigenvalue weighted by Gasteiger charge is 2.26. The van der Waals surface area contributed by atoms with Crippen molar-refractivity contribution in [1.29, 1.82) is 5.26 Å². The van der Waals surface area contributed by atoms with Gasteiger partial charge in [-0.1, -0.05) is 30.3 Å². The summed E-state index contributed by atoms with van der Waals surface area (Å²) in [7, 11) is 1.89. The Hall–Kier alpha value is -1.82. The standard InChI is InChI=1S/C16H20N2O/c1-18(15-9-7-14(12-17)8-10-15)16(19)11-13-5-3-2-4-6-13/h2-6,14-15H,7-11H2,1H3. The highest BCUT2D eigenvalue weighted by Crippen LogP contribution is 2.26. The molecule has 0 saturated heterocycles. The van der Waals surface area contributed by atoms with E-state index >= 15 is 0 Å². The van der Waals surface area contributed by atoms with E-state index in [1.807, 2.05) is 42.3 Å². The summed E-state index contributed by atoms with van der Waals surface area (Å²) >= 11 is 0. The van der Waals surface area contributed by atoms with Gasteiger partial charge in [-0.15, -0.1) is 0 Å². The molecule has 0 heterocycles. The van der Waals surface area contributed by atoms with Crippen LogP contribution in [-0.4, -0.2) is 23.9 Å². The van der Waals surface area contributed by atoms with Crippen LogP contribution in [0.25, 0.3) is 0 Å². The van der Waals surface area contributed by atoms with E-state index in [9.17, 15) is 4.79 Å². The van der Waals surface area contributed by atoms with Gasteiger partial charge in [-0.2, -0.15) is 5.26 Å². The molecule has 0 spiro atoms. The second-order valence-corrected chi connectivity index (χ2v) is 5.30. The Labute approximate surface area is 114 Å². The Morgan fingerprint density at radius 1 is 1.26 bits per heavy atom. The number of likely N-dealkylation sites (N-methyl/N-ethyl adjacent to an activating group) is 1. The largest absolute Gasteiger partial charge is 0.342 e. The number of hydrogen-bond donors (Lipinski definition) is 0. The minimum Gasteiger partial charge on any atom is -0.342 e. The monoisotopic (exact) mass is 256 g/mol. The van der Waals surface area contributed by atoms with Crippen LogP contribution in [0.4, 0.5) is 0 Å². The highest BCUT2D eigenvalue weighted by molar-refractivity contribution is 5.78. The summed E-state index contributed by atoms with van der Waals surface area (Å²) in [5.41, 5.74) is 1.06. The van der Waals surface area contributed by atoms with Gasteiger partial charge in [-0.3, -0.25) is 4.79 Å². The highest BCUT2D eigenvalue weighted by atomic mass is 16.2. The molecule has 3 nitrogen and oxygen atoms in total. The zero-order chi connectivity index (χ0) is 13.7. The van der Waals surface area contributed by atoms with Crippen LogP contribution in [0.5, 0.6) is 0 Å². The average Bonchev–Trinajstić information content (AvgIpc) is 2.47. The molecule has 1 fully saturated rings. The normalized spacial score (nSPS) is 22.5. The second kappa shape index (κ2) is 6.38. The van der Waals surface area contributed by atoms with Gasteiger partial charge in [-0.05, 0) is 31.2 Å². The fraction of sp³-hybridized carbons (Fsp3) is 0.500. The molecule has 0 unspecified atom stereocenters. The molecule has 1 amide bonds. The Balaban J connectivity index is 1.88. The smallest absolute Gasteiger partial charge is 0.226 e. The van der Waals surface area contributed by atoms with Crippen LogP contribution in [0.1, 0.15) is 31.2 Å². The van der Waals surface area contributed by atoms with E-state index < -0.39 is 0 Å². The summed E-state index contributed by atoms with van der Waals surface area (Å²) < 4.78 is 0. The Morgan fingerprint density at radius 2 is 1.89 bits per heavy atom. The Bertz CT molecular complexity index is 455. The summed E-state index contributed by atoms with van der Waals surface area (Å²) in [5.74, 6) is 0.362. The van der Waals surface area contributed by atoms with Crippen molar-refractivity contribution in [3.63, 3.8) is 0 Å². The summed E-state index contributed by atoms with van der Waals surface area (Å²) in [6.45, 7) is 0. The predicted octanol–water partition coefficient (Wildman–Crippen LogP) is 2.77. The molecular weight excluding hydrogens is 236 g/mol. The molecule has 19 heavy (non-hydrogen) atoms. The molecule has 0 N–H and O–H groups in total. The number of nitrogens with zero attached hydrogens (tertiary/aromatic N) is 2. The Morgan fingerprint density at radius 3 is 2.47 bits per heavy atom. The molecule has 1 aromatic rings. The zero-order valence-electron chi connectivity index (χ0n) is 11.4. The lowest BCUT2D eigenvalue weighted by Gasteiger charge is -2.32. The molecule has 0 radical (unpaired) electrons. The molecule has 0 aliphatic heterocycles. The summed E-state index contributed by atoms with van der Waals surface area (Å²) in [5, 5.41) is 8.89. The lowest BCUT2D eigenvalue weighted by atomic mass is 9.86. The molecule has 1 aromatic carbocycles. The van der Waals surface area contributed by atoms with Crippen molar-refractivity contribution in [3.8, 4) is 6.07 Å². The van der Waals surface area contributed by atoms with E-state index in [1.54, 1.807) is 0 Å². The van der Waals surface area contributed by atoms with Crippen molar-refractivity contribution in [2.24, 2.45) is 5.92 Å². The number of nitriles is 1. The van der Waals surface area contributed by atoms with Gasteiger partial charge in [0.1, 0.15) is 0 Å². The third-order valence-corrected chi connectivity index (χ3v) is 4.02. The van der Waals surface area contributed by atoms with Crippen LogP contribution in [0.15, 0.2) is 30.3 Å². The lowest BCUT2D eigenvalue weighted by molar-refractivity contribution is -0.131. The van der Waals surface area contributed by atoms with E-state index in [2.05, 4.69) is 6.07 Å². The third kappa shape index (κ3) is 3.57. The van der Waals surface area contributed by atoms with Crippen molar-refractivity contribution in [2.45, 2.75) is 38.1 Å². The molecule has 0 atom stereocenters. The van der Waals surface area contributed by atoms with Crippen LogP contribution in [0.3, 0.4) is 0 Å². The molecular formula is C16H20N2O. The zero-order valence-corrected chi connectivity index (χ0v) is 11.4. The molecule has 3 heteroatoms. The van der Waals surface area contributed by atoms with E-state index in [0.29, 0.717) is 12.5 Å². The number of hydrogen-bond acceptors (Lipinski definition) is 2. The maximum absolute atomic E-state index is 12.2. The fourth-order valence-electron chi connectivity index (χ4n) is 2.69. The minimum absolute atomic E-state index is 0.173. The van der Waals surface area contributed by atoms with Gasteiger partial charge in [0.2, 0.25) is 5.91 Å². The summed E-state index contributed by atoms with van der Waals surface area (Å²) in [4.78, 5) is 14.1. The minimum atomic E-state index is 0.173. The SMILES string of the molecule is CN(C(=O)Cc1ccccc1)C1CCC(C#N)CC1. The van der Waals surface area contributed by atoms with Gasteiger partial charge < -0.3 is 4.90 Å². The van der Waals surface area contributed by atoms with Gasteiger partial charge in [0.05, 0.1) is 12.5 Å². The van der Waals surface area contributed by atoms with Gasteiger partial charge in [0.15, 0.2) is 0 Å². The van der Waals surface area contributed by atoms with Crippen molar-refractivity contribution >= 4 is 5.91 Å². The molecule has 1 aliphatic carbocycles. The van der Waals surface area contributed by atoms with E-state index in [0.717, 1.165) is 31.2 Å². The van der Waals surface area contributed by atoms with E-state index in [-0.39, 0.29) is 11.8 Å². The summed E-state index contributed by atoms with van der Waals surface area (Å²) in [6, 6.07) is 12.5. The van der Waals surface area contributed by atoms with Crippen molar-refractivity contribution in [1.82, 2.24) is 4.90 Å². The van der Waals surface area contributed by atoms with Gasteiger partial charge in [0.25, 0.3) is 0 Å². The molecule has 0 bridgehead atoms. The number of benzene rings is 1. The first-order valence-electron chi connectivity index (χ1n) is 6.90. The lowest BCUT2D eigenvalue weighted by Crippen LogP contribution is -2.40. The number of amides is 1.